The zero-order valence-corrected chi connectivity index (χ0v) is 13.0. The van der Waals surface area contributed by atoms with E-state index in [0.717, 1.165) is 4.88 Å². The van der Waals surface area contributed by atoms with Crippen LogP contribution in [0.3, 0.4) is 0 Å². The van der Waals surface area contributed by atoms with Gasteiger partial charge >= 0.3 is 0 Å². The molecule has 0 atom stereocenters. The van der Waals surface area contributed by atoms with Crippen LogP contribution in [-0.4, -0.2) is 36.3 Å². The number of anilines is 1. The molecule has 6 heteroatoms. The maximum atomic E-state index is 12.5. The van der Waals surface area contributed by atoms with Gasteiger partial charge in [-0.15, -0.1) is 11.3 Å². The predicted octanol–water partition coefficient (Wildman–Crippen LogP) is 1.59. The van der Waals surface area contributed by atoms with Crippen molar-refractivity contribution in [2.75, 3.05) is 25.4 Å². The van der Waals surface area contributed by atoms with Crippen LogP contribution in [0.5, 0.6) is 0 Å². The lowest BCUT2D eigenvalue weighted by molar-refractivity contribution is -0.120. The molecule has 0 radical (unpaired) electrons. The highest BCUT2D eigenvalue weighted by Gasteiger charge is 2.25. The molecule has 20 heavy (non-hydrogen) atoms. The summed E-state index contributed by atoms with van der Waals surface area (Å²) in [6.45, 7) is 7.78. The van der Waals surface area contributed by atoms with Gasteiger partial charge in [0.15, 0.2) is 0 Å². The third kappa shape index (κ3) is 3.12. The Kier molecular flexibility index (Phi) is 4.04. The van der Waals surface area contributed by atoms with Crippen molar-refractivity contribution < 1.29 is 9.59 Å². The lowest BCUT2D eigenvalue weighted by atomic mass is 9.94. The van der Waals surface area contributed by atoms with Gasteiger partial charge in [0.2, 0.25) is 5.91 Å². The van der Waals surface area contributed by atoms with Crippen LogP contribution >= 0.6 is 11.3 Å². The van der Waals surface area contributed by atoms with Crippen molar-refractivity contribution >= 4 is 28.2 Å². The van der Waals surface area contributed by atoms with E-state index in [1.807, 2.05) is 6.07 Å². The van der Waals surface area contributed by atoms with Crippen molar-refractivity contribution in [3.63, 3.8) is 0 Å². The van der Waals surface area contributed by atoms with Crippen molar-refractivity contribution in [1.82, 2.24) is 10.2 Å². The maximum Gasteiger partial charge on any atom is 0.256 e. The summed E-state index contributed by atoms with van der Waals surface area (Å²) < 4.78 is 0. The molecule has 1 aliphatic rings. The van der Waals surface area contributed by atoms with Crippen molar-refractivity contribution in [2.24, 2.45) is 0 Å². The van der Waals surface area contributed by atoms with Gasteiger partial charge in [0, 0.05) is 30.9 Å². The molecule has 2 amide bonds. The first kappa shape index (κ1) is 14.8. The van der Waals surface area contributed by atoms with E-state index in [1.165, 1.54) is 11.3 Å². The van der Waals surface area contributed by atoms with E-state index in [4.69, 9.17) is 5.73 Å². The third-order valence-corrected chi connectivity index (χ3v) is 4.72. The Morgan fingerprint density at radius 1 is 1.40 bits per heavy atom. The highest BCUT2D eigenvalue weighted by Crippen LogP contribution is 2.34. The second-order valence-electron chi connectivity index (χ2n) is 6.03. The van der Waals surface area contributed by atoms with Crippen molar-refractivity contribution in [3.8, 4) is 0 Å². The van der Waals surface area contributed by atoms with E-state index in [1.54, 1.807) is 4.90 Å². The fraction of sp³-hybridized carbons (Fsp3) is 0.571. The number of carbonyl (C=O) groups is 2. The molecule has 1 aliphatic heterocycles. The SMILES string of the molecule is CC(C)(C)c1cc(C(=O)N2CCNC(=O)CC2)c(N)s1. The molecule has 3 N–H and O–H groups in total. The molecule has 0 aromatic carbocycles. The Balaban J connectivity index is 2.20. The summed E-state index contributed by atoms with van der Waals surface area (Å²) in [5.74, 6) is -0.0836. The molecule has 0 bridgehead atoms. The van der Waals surface area contributed by atoms with Gasteiger partial charge in [-0.25, -0.2) is 0 Å². The van der Waals surface area contributed by atoms with E-state index in [-0.39, 0.29) is 17.2 Å². The highest BCUT2D eigenvalue weighted by atomic mass is 32.1. The van der Waals surface area contributed by atoms with Crippen molar-refractivity contribution in [2.45, 2.75) is 32.6 Å². The van der Waals surface area contributed by atoms with Gasteiger partial charge in [0.25, 0.3) is 5.91 Å². The minimum atomic E-state index is -0.0780. The van der Waals surface area contributed by atoms with Gasteiger partial charge in [-0.05, 0) is 11.5 Å². The Morgan fingerprint density at radius 2 is 2.10 bits per heavy atom. The molecule has 0 aliphatic carbocycles. The van der Waals surface area contributed by atoms with Crippen LogP contribution < -0.4 is 11.1 Å². The summed E-state index contributed by atoms with van der Waals surface area (Å²) in [6, 6.07) is 1.89. The number of nitrogens with one attached hydrogen (secondary N) is 1. The molecule has 0 unspecified atom stereocenters. The van der Waals surface area contributed by atoms with Gasteiger partial charge in [-0.1, -0.05) is 20.8 Å². The monoisotopic (exact) mass is 295 g/mol. The summed E-state index contributed by atoms with van der Waals surface area (Å²) in [5.41, 5.74) is 6.54. The average Bonchev–Trinajstić information content (AvgIpc) is 2.61. The Labute approximate surface area is 123 Å². The first-order chi connectivity index (χ1) is 9.29. The number of nitrogen functional groups attached to an aromatic ring is 1. The molecule has 110 valence electrons. The van der Waals surface area contributed by atoms with Gasteiger partial charge in [-0.3, -0.25) is 9.59 Å². The van der Waals surface area contributed by atoms with Crippen LogP contribution in [0.2, 0.25) is 0 Å². The van der Waals surface area contributed by atoms with E-state index in [2.05, 4.69) is 26.1 Å². The zero-order valence-electron chi connectivity index (χ0n) is 12.2. The molecule has 0 saturated carbocycles. The number of nitrogens with two attached hydrogens (primary N) is 1. The molecular formula is C14H21N3O2S. The first-order valence-corrected chi connectivity index (χ1v) is 7.56. The standard InChI is InChI=1S/C14H21N3O2S/c1-14(2,3)10-8-9(12(15)20-10)13(19)17-6-4-11(18)16-5-7-17/h8H,4-7,15H2,1-3H3,(H,16,18). The minimum absolute atomic E-state index is 0.00558. The summed E-state index contributed by atoms with van der Waals surface area (Å²) in [6.07, 6.45) is 0.349. The predicted molar refractivity (Wildman–Crippen MR) is 81.0 cm³/mol. The Morgan fingerprint density at radius 3 is 2.70 bits per heavy atom. The second-order valence-corrected chi connectivity index (χ2v) is 7.11. The number of carbonyl (C=O) groups excluding carboxylic acids is 2. The van der Waals surface area contributed by atoms with Gasteiger partial charge in [0.05, 0.1) is 10.6 Å². The molecule has 1 fully saturated rings. The number of nitrogens with zero attached hydrogens (tertiary/aromatic N) is 1. The van der Waals surface area contributed by atoms with E-state index in [9.17, 15) is 9.59 Å². The van der Waals surface area contributed by atoms with Crippen LogP contribution in [0.1, 0.15) is 42.4 Å². The second kappa shape index (κ2) is 5.44. The van der Waals surface area contributed by atoms with Crippen LogP contribution in [0.4, 0.5) is 5.00 Å². The first-order valence-electron chi connectivity index (χ1n) is 6.75. The van der Waals surface area contributed by atoms with Crippen LogP contribution in [0.15, 0.2) is 6.07 Å². The van der Waals surface area contributed by atoms with Crippen LogP contribution in [0.25, 0.3) is 0 Å². The normalized spacial score (nSPS) is 16.8. The molecule has 5 nitrogen and oxygen atoms in total. The van der Waals surface area contributed by atoms with Crippen molar-refractivity contribution in [3.05, 3.63) is 16.5 Å². The van der Waals surface area contributed by atoms with Gasteiger partial charge < -0.3 is 16.0 Å². The number of thiophene rings is 1. The molecule has 0 spiro atoms. The summed E-state index contributed by atoms with van der Waals surface area (Å²) in [5, 5.41) is 3.32. The number of amides is 2. The van der Waals surface area contributed by atoms with Crippen molar-refractivity contribution in [1.29, 1.82) is 0 Å². The lowest BCUT2D eigenvalue weighted by Crippen LogP contribution is -2.34. The van der Waals surface area contributed by atoms with Crippen LogP contribution in [0, 0.1) is 0 Å². The number of rotatable bonds is 1. The smallest absolute Gasteiger partial charge is 0.256 e. The number of hydrogen-bond acceptors (Lipinski definition) is 4. The van der Waals surface area contributed by atoms with Crippen LogP contribution in [-0.2, 0) is 10.2 Å². The molecule has 1 aromatic rings. The average molecular weight is 295 g/mol. The van der Waals surface area contributed by atoms with E-state index >= 15 is 0 Å². The topological polar surface area (TPSA) is 75.4 Å². The van der Waals surface area contributed by atoms with E-state index in [0.29, 0.717) is 36.6 Å². The molecule has 1 saturated heterocycles. The molecule has 2 rings (SSSR count). The summed E-state index contributed by atoms with van der Waals surface area (Å²) in [7, 11) is 0. The quantitative estimate of drug-likeness (QED) is 0.826. The molecule has 2 heterocycles. The Bertz CT molecular complexity index is 531. The van der Waals surface area contributed by atoms with Gasteiger partial charge in [0.1, 0.15) is 0 Å². The summed E-state index contributed by atoms with van der Waals surface area (Å²) in [4.78, 5) is 26.6. The largest absolute Gasteiger partial charge is 0.390 e. The lowest BCUT2D eigenvalue weighted by Gasteiger charge is -2.19. The highest BCUT2D eigenvalue weighted by molar-refractivity contribution is 7.16. The fourth-order valence-corrected chi connectivity index (χ4v) is 3.06. The molecule has 1 aromatic heterocycles. The van der Waals surface area contributed by atoms with Gasteiger partial charge in [-0.2, -0.15) is 0 Å². The third-order valence-electron chi connectivity index (χ3n) is 3.33. The van der Waals surface area contributed by atoms with E-state index < -0.39 is 0 Å². The summed E-state index contributed by atoms with van der Waals surface area (Å²) >= 11 is 1.47. The Hall–Kier alpha value is -1.56. The minimum Gasteiger partial charge on any atom is -0.390 e. The zero-order chi connectivity index (χ0) is 14.9. The molecular weight excluding hydrogens is 274 g/mol. The fourth-order valence-electron chi connectivity index (χ4n) is 2.08. The number of hydrogen-bond donors (Lipinski definition) is 2. The maximum absolute atomic E-state index is 12.5.